The summed E-state index contributed by atoms with van der Waals surface area (Å²) in [5.74, 6) is 9.52. The molecule has 218 valence electrons. The second-order valence-electron chi connectivity index (χ2n) is 10.6. The maximum absolute atomic E-state index is 12.8. The van der Waals surface area contributed by atoms with Gasteiger partial charge in [0, 0.05) is 12.8 Å². The van der Waals surface area contributed by atoms with Gasteiger partial charge < -0.3 is 29.6 Å². The van der Waals surface area contributed by atoms with E-state index in [2.05, 4.69) is 34.3 Å². The first-order valence-electron chi connectivity index (χ1n) is 12.8. The van der Waals surface area contributed by atoms with E-state index in [1.54, 1.807) is 79.7 Å². The van der Waals surface area contributed by atoms with Crippen LogP contribution in [0.25, 0.3) is 0 Å². The molecule has 2 N–H and O–H groups in total. The second kappa shape index (κ2) is 16.0. The first kappa shape index (κ1) is 33.8. The van der Waals surface area contributed by atoms with Crippen molar-refractivity contribution in [3.05, 3.63) is 35.4 Å². The third-order valence-electron chi connectivity index (χ3n) is 4.78. The van der Waals surface area contributed by atoms with Crippen molar-refractivity contribution in [3.8, 4) is 23.7 Å². The maximum atomic E-state index is 12.8. The number of amides is 2. The van der Waals surface area contributed by atoms with E-state index in [0.29, 0.717) is 11.1 Å². The summed E-state index contributed by atoms with van der Waals surface area (Å²) in [6.45, 7) is 13.2. The highest BCUT2D eigenvalue weighted by Gasteiger charge is 2.27. The van der Waals surface area contributed by atoms with Gasteiger partial charge in [-0.2, -0.15) is 0 Å². The van der Waals surface area contributed by atoms with Crippen molar-refractivity contribution >= 4 is 24.1 Å². The summed E-state index contributed by atoms with van der Waals surface area (Å²) in [4.78, 5) is 49.9. The number of rotatable bonds is 10. The van der Waals surface area contributed by atoms with Crippen LogP contribution in [0.2, 0.25) is 0 Å². The van der Waals surface area contributed by atoms with Gasteiger partial charge in [0.25, 0.3) is 0 Å². The van der Waals surface area contributed by atoms with Crippen LogP contribution >= 0.6 is 0 Å². The van der Waals surface area contributed by atoms with Crippen LogP contribution in [0.1, 0.15) is 79.4 Å². The topological polar surface area (TPSA) is 129 Å². The lowest BCUT2D eigenvalue weighted by Gasteiger charge is -2.22. The Labute approximate surface area is 236 Å². The van der Waals surface area contributed by atoms with Gasteiger partial charge >= 0.3 is 24.1 Å². The van der Waals surface area contributed by atoms with Gasteiger partial charge in [0.1, 0.15) is 36.5 Å². The maximum Gasteiger partial charge on any atom is 0.408 e. The number of carbonyl (C=O) groups excluding carboxylic acids is 4. The third kappa shape index (κ3) is 14.1. The van der Waals surface area contributed by atoms with Crippen LogP contribution in [0.3, 0.4) is 0 Å². The Hall–Kier alpha value is -4.18. The van der Waals surface area contributed by atoms with Crippen LogP contribution in [0, 0.1) is 23.7 Å². The van der Waals surface area contributed by atoms with E-state index in [-0.39, 0.29) is 26.1 Å². The van der Waals surface area contributed by atoms with Gasteiger partial charge in [0.15, 0.2) is 0 Å². The van der Waals surface area contributed by atoms with E-state index in [0.717, 1.165) is 0 Å². The molecule has 0 aromatic heterocycles. The fraction of sp³-hybridized carbons (Fsp3) is 0.533. The summed E-state index contributed by atoms with van der Waals surface area (Å²) in [7, 11) is 0. The second-order valence-corrected chi connectivity index (χ2v) is 10.6. The average molecular weight is 557 g/mol. The highest BCUT2D eigenvalue weighted by Crippen LogP contribution is 2.14. The summed E-state index contributed by atoms with van der Waals surface area (Å²) >= 11 is 0. The number of hydrogen-bond donors (Lipinski definition) is 2. The molecular formula is C30H40N2O8. The predicted molar refractivity (Wildman–Crippen MR) is 148 cm³/mol. The summed E-state index contributed by atoms with van der Waals surface area (Å²) < 4.78 is 21.4. The molecule has 0 saturated heterocycles. The quantitative estimate of drug-likeness (QED) is 0.247. The van der Waals surface area contributed by atoms with Crippen LogP contribution in [0.5, 0.6) is 0 Å². The first-order valence-corrected chi connectivity index (χ1v) is 12.8. The highest BCUT2D eigenvalue weighted by molar-refractivity contribution is 5.82. The zero-order valence-electron chi connectivity index (χ0n) is 24.6. The Kier molecular flexibility index (Phi) is 13.6. The number of alkyl carbamates (subject to hydrolysis) is 2. The fourth-order valence-electron chi connectivity index (χ4n) is 3.03. The van der Waals surface area contributed by atoms with Gasteiger partial charge in [-0.15, -0.1) is 23.7 Å². The zero-order chi connectivity index (χ0) is 30.3. The number of ether oxygens (including phenoxy) is 4. The van der Waals surface area contributed by atoms with Crippen molar-refractivity contribution in [2.45, 2.75) is 105 Å². The molecule has 10 nitrogen and oxygen atoms in total. The number of nitrogens with one attached hydrogen (secondary N) is 2. The lowest BCUT2D eigenvalue weighted by Crippen LogP contribution is -2.44. The fourth-order valence-corrected chi connectivity index (χ4v) is 3.03. The van der Waals surface area contributed by atoms with E-state index >= 15 is 0 Å². The lowest BCUT2D eigenvalue weighted by atomic mass is 10.1. The minimum atomic E-state index is -1.04. The van der Waals surface area contributed by atoms with Gasteiger partial charge in [0.2, 0.25) is 0 Å². The Balaban J connectivity index is 2.88. The molecule has 2 atom stereocenters. The van der Waals surface area contributed by atoms with E-state index in [9.17, 15) is 19.2 Å². The molecule has 0 bridgehead atoms. The van der Waals surface area contributed by atoms with Gasteiger partial charge in [-0.25, -0.2) is 19.2 Å². The van der Waals surface area contributed by atoms with Crippen LogP contribution < -0.4 is 10.6 Å². The molecule has 0 aliphatic carbocycles. The van der Waals surface area contributed by atoms with Gasteiger partial charge in [-0.1, -0.05) is 24.3 Å². The van der Waals surface area contributed by atoms with Crippen molar-refractivity contribution < 1.29 is 38.1 Å². The van der Waals surface area contributed by atoms with E-state index < -0.39 is 47.4 Å². The molecule has 1 aromatic carbocycles. The summed E-state index contributed by atoms with van der Waals surface area (Å²) in [5.41, 5.74) is -0.302. The minimum Gasteiger partial charge on any atom is -0.459 e. The SMILES string of the molecule is CC#CC[C@H](NC(=O)OC(C)(C)C)C(=O)OCc1ccccc1COC(=O)[C@H](CC#CC)NC(=O)OC(C)(C)C. The molecule has 0 saturated carbocycles. The Morgan fingerprint density at radius 2 is 1.05 bits per heavy atom. The molecule has 0 aliphatic heterocycles. The molecule has 0 radical (unpaired) electrons. The Morgan fingerprint density at radius 1 is 0.700 bits per heavy atom. The number of carbonyl (C=O) groups is 4. The molecule has 0 fully saturated rings. The van der Waals surface area contributed by atoms with Crippen LogP contribution in [0.15, 0.2) is 24.3 Å². The van der Waals surface area contributed by atoms with Crippen molar-refractivity contribution in [1.29, 1.82) is 0 Å². The van der Waals surface area contributed by atoms with Crippen molar-refractivity contribution in [1.82, 2.24) is 10.6 Å². The lowest BCUT2D eigenvalue weighted by molar-refractivity contribution is -0.149. The molecule has 0 heterocycles. The zero-order valence-corrected chi connectivity index (χ0v) is 24.6. The monoisotopic (exact) mass is 556 g/mol. The average Bonchev–Trinajstić information content (AvgIpc) is 2.84. The smallest absolute Gasteiger partial charge is 0.408 e. The third-order valence-corrected chi connectivity index (χ3v) is 4.78. The molecule has 40 heavy (non-hydrogen) atoms. The summed E-state index contributed by atoms with van der Waals surface area (Å²) in [6.07, 6.45) is -1.44. The first-order chi connectivity index (χ1) is 18.6. The van der Waals surface area contributed by atoms with Crippen molar-refractivity contribution in [2.24, 2.45) is 0 Å². The number of benzene rings is 1. The Morgan fingerprint density at radius 3 is 1.35 bits per heavy atom. The van der Waals surface area contributed by atoms with E-state index in [1.165, 1.54) is 0 Å². The normalized spacial score (nSPS) is 12.2. The van der Waals surface area contributed by atoms with Gasteiger partial charge in [0.05, 0.1) is 0 Å². The molecule has 10 heteroatoms. The minimum absolute atomic E-state index is 0.0422. The molecule has 1 rings (SSSR count). The highest BCUT2D eigenvalue weighted by atomic mass is 16.6. The summed E-state index contributed by atoms with van der Waals surface area (Å²) in [6, 6.07) is 4.86. The van der Waals surface area contributed by atoms with Crippen molar-refractivity contribution in [3.63, 3.8) is 0 Å². The van der Waals surface area contributed by atoms with E-state index in [1.807, 2.05) is 0 Å². The van der Waals surface area contributed by atoms with E-state index in [4.69, 9.17) is 18.9 Å². The largest absolute Gasteiger partial charge is 0.459 e. The van der Waals surface area contributed by atoms with Crippen LogP contribution in [0.4, 0.5) is 9.59 Å². The van der Waals surface area contributed by atoms with Crippen LogP contribution in [-0.4, -0.2) is 47.4 Å². The number of hydrogen-bond acceptors (Lipinski definition) is 8. The van der Waals surface area contributed by atoms with Gasteiger partial charge in [-0.3, -0.25) is 0 Å². The summed E-state index contributed by atoms with van der Waals surface area (Å²) in [5, 5.41) is 4.99. The molecule has 0 aliphatic rings. The van der Waals surface area contributed by atoms with Crippen LogP contribution in [-0.2, 0) is 41.8 Å². The molecule has 2 amide bonds. The number of esters is 2. The molecule has 1 aromatic rings. The molecule has 0 unspecified atom stereocenters. The molecule has 0 spiro atoms. The standard InChI is InChI=1S/C30H40N2O8/c1-9-11-17-23(31-27(35)39-29(3,4)5)25(33)37-19-21-15-13-14-16-22(21)20-38-26(34)24(18-12-10-2)32-28(36)40-30(6,7)8/h13-16,23-24H,17-20H2,1-8H3,(H,31,35)(H,32,36)/t23-,24-/m0/s1. The van der Waals surface area contributed by atoms with Gasteiger partial charge in [-0.05, 0) is 66.5 Å². The predicted octanol–water partition coefficient (Wildman–Crippen LogP) is 4.39. The molecular weight excluding hydrogens is 516 g/mol. The van der Waals surface area contributed by atoms with Crippen molar-refractivity contribution in [2.75, 3.05) is 0 Å². The Bertz CT molecular complexity index is 1070.